The SMILES string of the molecule is Cc1ccc(S(=O)(=O)n2cc(-c3nc(N[C@H](C)C4CCN(C(=O)OC(C)(C)C)CC4)ncc3N)c3cc(C(F)(F)F)cnc32)cc1. The van der Waals surface area contributed by atoms with E-state index in [0.717, 1.165) is 15.6 Å². The lowest BCUT2D eigenvalue weighted by Gasteiger charge is -2.35. The van der Waals surface area contributed by atoms with Gasteiger partial charge in [0.2, 0.25) is 5.95 Å². The van der Waals surface area contributed by atoms with E-state index >= 15 is 0 Å². The first-order chi connectivity index (χ1) is 21.4. The monoisotopic (exact) mass is 659 g/mol. The number of likely N-dealkylation sites (tertiary alicyclic amines) is 1. The van der Waals surface area contributed by atoms with Crippen molar-refractivity contribution in [2.45, 2.75) is 70.2 Å². The molecule has 1 atom stereocenters. The van der Waals surface area contributed by atoms with Crippen molar-refractivity contribution in [1.82, 2.24) is 23.8 Å². The molecule has 1 aromatic carbocycles. The highest BCUT2D eigenvalue weighted by atomic mass is 32.2. The lowest BCUT2D eigenvalue weighted by atomic mass is 9.90. The van der Waals surface area contributed by atoms with Crippen LogP contribution in [0.3, 0.4) is 0 Å². The number of halogens is 3. The van der Waals surface area contributed by atoms with Crippen molar-refractivity contribution in [3.63, 3.8) is 0 Å². The van der Waals surface area contributed by atoms with Crippen LogP contribution in [0.2, 0.25) is 0 Å². The lowest BCUT2D eigenvalue weighted by Crippen LogP contribution is -2.44. The van der Waals surface area contributed by atoms with Crippen molar-refractivity contribution in [3.8, 4) is 11.3 Å². The van der Waals surface area contributed by atoms with Gasteiger partial charge in [-0.2, -0.15) is 13.2 Å². The number of fused-ring (bicyclic) bond motifs is 1. The summed E-state index contributed by atoms with van der Waals surface area (Å²) < 4.78 is 74.9. The maximum atomic E-state index is 13.7. The standard InChI is InChI=1S/C31H36F3N7O4S/c1-18-6-8-22(9-7-18)46(43,44)41-17-24(23-14-21(31(32,33)34)15-36-27(23)41)26-25(35)16-37-28(39-26)38-19(2)20-10-12-40(13-11-20)29(42)45-30(3,4)5/h6-9,14-17,19-20H,10-13,35H2,1-5H3,(H,37,38,39)/t19-/m1/s1. The van der Waals surface area contributed by atoms with Crippen LogP contribution < -0.4 is 11.1 Å². The Morgan fingerprint density at radius 1 is 1.09 bits per heavy atom. The van der Waals surface area contributed by atoms with Gasteiger partial charge in [0, 0.05) is 42.5 Å². The molecule has 246 valence electrons. The first kappa shape index (κ1) is 33.0. The molecule has 0 radical (unpaired) electrons. The second-order valence-electron chi connectivity index (χ2n) is 12.5. The fourth-order valence-corrected chi connectivity index (χ4v) is 6.66. The fourth-order valence-electron chi connectivity index (χ4n) is 5.34. The third-order valence-electron chi connectivity index (χ3n) is 7.84. The summed E-state index contributed by atoms with van der Waals surface area (Å²) in [5.41, 5.74) is 5.36. The molecule has 0 unspecified atom stereocenters. The van der Waals surface area contributed by atoms with Gasteiger partial charge in [0.15, 0.2) is 5.65 Å². The van der Waals surface area contributed by atoms with Crippen LogP contribution in [0.1, 0.15) is 51.7 Å². The molecule has 4 aromatic rings. The number of amides is 1. The van der Waals surface area contributed by atoms with Gasteiger partial charge in [0.05, 0.1) is 22.3 Å². The maximum Gasteiger partial charge on any atom is 0.417 e. The Kier molecular flexibility index (Phi) is 8.66. The number of anilines is 2. The molecular formula is C31H36F3N7O4S. The molecule has 1 aliphatic heterocycles. The second kappa shape index (κ2) is 12.1. The molecule has 0 bridgehead atoms. The average Bonchev–Trinajstić information content (AvgIpc) is 3.37. The Morgan fingerprint density at radius 3 is 2.35 bits per heavy atom. The number of hydrogen-bond acceptors (Lipinski definition) is 9. The van der Waals surface area contributed by atoms with E-state index in [2.05, 4.69) is 20.3 Å². The van der Waals surface area contributed by atoms with Gasteiger partial charge in [-0.1, -0.05) is 17.7 Å². The number of nitrogens with one attached hydrogen (secondary N) is 1. The summed E-state index contributed by atoms with van der Waals surface area (Å²) in [4.78, 5) is 26.8. The van der Waals surface area contributed by atoms with Gasteiger partial charge >= 0.3 is 12.3 Å². The van der Waals surface area contributed by atoms with Crippen molar-refractivity contribution >= 4 is 38.8 Å². The summed E-state index contributed by atoms with van der Waals surface area (Å²) in [7, 11) is -4.26. The van der Waals surface area contributed by atoms with E-state index in [-0.39, 0.29) is 56.9 Å². The van der Waals surface area contributed by atoms with Crippen molar-refractivity contribution in [2.24, 2.45) is 5.92 Å². The predicted molar refractivity (Wildman–Crippen MR) is 168 cm³/mol. The molecule has 3 aromatic heterocycles. The summed E-state index contributed by atoms with van der Waals surface area (Å²) in [6.07, 6.45) is -0.581. The molecule has 3 N–H and O–H groups in total. The molecule has 0 aliphatic carbocycles. The molecule has 4 heterocycles. The van der Waals surface area contributed by atoms with E-state index in [9.17, 15) is 26.4 Å². The van der Waals surface area contributed by atoms with Crippen LogP contribution in [0.4, 0.5) is 29.6 Å². The highest BCUT2D eigenvalue weighted by molar-refractivity contribution is 7.90. The van der Waals surface area contributed by atoms with Crippen LogP contribution >= 0.6 is 0 Å². The first-order valence-corrected chi connectivity index (χ1v) is 16.2. The van der Waals surface area contributed by atoms with Gasteiger partial charge in [-0.15, -0.1) is 0 Å². The topological polar surface area (TPSA) is 145 Å². The van der Waals surface area contributed by atoms with E-state index < -0.39 is 27.4 Å². The first-order valence-electron chi connectivity index (χ1n) is 14.7. The van der Waals surface area contributed by atoms with E-state index in [1.54, 1.807) is 24.0 Å². The van der Waals surface area contributed by atoms with Crippen LogP contribution in [-0.4, -0.2) is 63.1 Å². The molecule has 1 aliphatic rings. The molecular weight excluding hydrogens is 623 g/mol. The number of alkyl halides is 3. The number of pyridine rings is 1. The minimum absolute atomic E-state index is 0.0352. The molecule has 11 nitrogen and oxygen atoms in total. The van der Waals surface area contributed by atoms with E-state index in [1.807, 2.05) is 27.7 Å². The Balaban J connectivity index is 1.47. The Bertz CT molecular complexity index is 1860. The molecule has 1 amide bonds. The summed E-state index contributed by atoms with van der Waals surface area (Å²) in [5, 5.41) is 3.16. The van der Waals surface area contributed by atoms with Gasteiger partial charge in [0.1, 0.15) is 11.3 Å². The van der Waals surface area contributed by atoms with Gasteiger partial charge in [0.25, 0.3) is 10.0 Å². The summed E-state index contributed by atoms with van der Waals surface area (Å²) in [6.45, 7) is 10.2. The van der Waals surface area contributed by atoms with Crippen molar-refractivity contribution < 1.29 is 31.1 Å². The fraction of sp³-hybridized carbons (Fsp3) is 0.419. The Morgan fingerprint density at radius 2 is 1.74 bits per heavy atom. The Labute approximate surface area is 265 Å². The number of carbonyl (C=O) groups excluding carboxylic acids is 1. The van der Waals surface area contributed by atoms with Crippen LogP contribution in [0.15, 0.2) is 53.8 Å². The molecule has 15 heteroatoms. The van der Waals surface area contributed by atoms with Gasteiger partial charge in [-0.05, 0) is 71.6 Å². The van der Waals surface area contributed by atoms with Crippen LogP contribution in [0.25, 0.3) is 22.3 Å². The minimum atomic E-state index is -4.73. The highest BCUT2D eigenvalue weighted by Crippen LogP contribution is 2.38. The van der Waals surface area contributed by atoms with Crippen molar-refractivity contribution in [3.05, 3.63) is 60.0 Å². The Hall–Kier alpha value is -4.40. The molecule has 46 heavy (non-hydrogen) atoms. The predicted octanol–water partition coefficient (Wildman–Crippen LogP) is 6.09. The molecule has 1 fully saturated rings. The third-order valence-corrected chi connectivity index (χ3v) is 9.51. The normalized spacial score (nSPS) is 15.6. The molecule has 5 rings (SSSR count). The van der Waals surface area contributed by atoms with Crippen LogP contribution in [0.5, 0.6) is 0 Å². The van der Waals surface area contributed by atoms with E-state index in [1.165, 1.54) is 24.5 Å². The van der Waals surface area contributed by atoms with Crippen molar-refractivity contribution in [2.75, 3.05) is 24.1 Å². The van der Waals surface area contributed by atoms with E-state index in [4.69, 9.17) is 10.5 Å². The number of aryl methyl sites for hydroxylation is 1. The summed E-state index contributed by atoms with van der Waals surface area (Å²) in [5.74, 6) is 0.317. The van der Waals surface area contributed by atoms with Crippen LogP contribution in [0, 0.1) is 12.8 Å². The number of carbonyl (C=O) groups is 1. The maximum absolute atomic E-state index is 13.7. The van der Waals surface area contributed by atoms with Gasteiger partial charge in [-0.25, -0.2) is 32.1 Å². The number of rotatable bonds is 6. The average molecular weight is 660 g/mol. The zero-order chi connectivity index (χ0) is 33.6. The largest absolute Gasteiger partial charge is 0.444 e. The summed E-state index contributed by atoms with van der Waals surface area (Å²) in [6, 6.07) is 6.78. The smallest absolute Gasteiger partial charge is 0.417 e. The number of nitrogen functional groups attached to an aromatic ring is 1. The van der Waals surface area contributed by atoms with E-state index in [0.29, 0.717) is 32.1 Å². The number of hydrogen-bond donors (Lipinski definition) is 2. The summed E-state index contributed by atoms with van der Waals surface area (Å²) >= 11 is 0. The van der Waals surface area contributed by atoms with Crippen molar-refractivity contribution in [1.29, 1.82) is 0 Å². The number of nitrogens with zero attached hydrogens (tertiary/aromatic N) is 5. The third kappa shape index (κ3) is 6.88. The van der Waals surface area contributed by atoms with Gasteiger partial charge < -0.3 is 20.7 Å². The molecule has 0 spiro atoms. The highest BCUT2D eigenvalue weighted by Gasteiger charge is 2.34. The van der Waals surface area contributed by atoms with Crippen LogP contribution in [-0.2, 0) is 20.9 Å². The van der Waals surface area contributed by atoms with Gasteiger partial charge in [-0.3, -0.25) is 0 Å². The number of benzene rings is 1. The zero-order valence-corrected chi connectivity index (χ0v) is 26.9. The second-order valence-corrected chi connectivity index (χ2v) is 14.3. The number of aromatic nitrogens is 4. The number of nitrogens with two attached hydrogens (primary N) is 1. The lowest BCUT2D eigenvalue weighted by molar-refractivity contribution is -0.137. The molecule has 0 saturated carbocycles. The number of ether oxygens (including phenoxy) is 1. The quantitative estimate of drug-likeness (QED) is 0.251. The minimum Gasteiger partial charge on any atom is -0.444 e. The number of piperidine rings is 1. The zero-order valence-electron chi connectivity index (χ0n) is 26.1. The molecule has 1 saturated heterocycles.